The van der Waals surface area contributed by atoms with Gasteiger partial charge in [-0.05, 0) is 78.0 Å². The Morgan fingerprint density at radius 2 is 2.00 bits per heavy atom. The molecule has 6 nitrogen and oxygen atoms in total. The number of hydrogen-bond donors (Lipinski definition) is 2. The van der Waals surface area contributed by atoms with Gasteiger partial charge in [-0.25, -0.2) is 0 Å². The molecular formula is C22H32N4O2S. The Morgan fingerprint density at radius 3 is 2.66 bits per heavy atom. The van der Waals surface area contributed by atoms with E-state index in [2.05, 4.69) is 34.2 Å². The lowest BCUT2D eigenvalue weighted by molar-refractivity contribution is 0.0951. The van der Waals surface area contributed by atoms with E-state index in [1.54, 1.807) is 11.3 Å². The number of thiophene rings is 1. The van der Waals surface area contributed by atoms with E-state index >= 15 is 0 Å². The first kappa shape index (κ1) is 21.7. The summed E-state index contributed by atoms with van der Waals surface area (Å²) in [6.45, 7) is 7.33. The number of pyridine rings is 1. The number of H-pyrrole nitrogens is 1. The van der Waals surface area contributed by atoms with Gasteiger partial charge in [0, 0.05) is 40.6 Å². The van der Waals surface area contributed by atoms with Crippen LogP contribution in [0.2, 0.25) is 0 Å². The molecule has 0 aliphatic carbocycles. The lowest BCUT2D eigenvalue weighted by Crippen LogP contribution is -2.42. The first-order valence-electron chi connectivity index (χ1n) is 10.3. The summed E-state index contributed by atoms with van der Waals surface area (Å²) in [6, 6.07) is 4.61. The van der Waals surface area contributed by atoms with Gasteiger partial charge in [0.25, 0.3) is 11.5 Å². The molecule has 0 radical (unpaired) electrons. The Bertz CT molecular complexity index is 894. The van der Waals surface area contributed by atoms with Gasteiger partial charge in [0.2, 0.25) is 0 Å². The summed E-state index contributed by atoms with van der Waals surface area (Å²) in [5.41, 5.74) is 2.89. The highest BCUT2D eigenvalue weighted by Gasteiger charge is 2.20. The predicted molar refractivity (Wildman–Crippen MR) is 119 cm³/mol. The highest BCUT2D eigenvalue weighted by Crippen LogP contribution is 2.18. The van der Waals surface area contributed by atoms with Crippen LogP contribution >= 0.6 is 11.3 Å². The number of aryl methyl sites for hydroxylation is 2. The van der Waals surface area contributed by atoms with Crippen molar-refractivity contribution in [3.05, 3.63) is 55.1 Å². The van der Waals surface area contributed by atoms with Crippen LogP contribution in [0.15, 0.2) is 22.3 Å². The van der Waals surface area contributed by atoms with Crippen molar-refractivity contribution in [3.63, 3.8) is 0 Å². The number of piperidine rings is 1. The average Bonchev–Trinajstić information content (AvgIpc) is 3.15. The van der Waals surface area contributed by atoms with E-state index in [1.165, 1.54) is 17.7 Å². The summed E-state index contributed by atoms with van der Waals surface area (Å²) < 4.78 is 0. The molecule has 0 atom stereocenters. The fraction of sp³-hybridized carbons (Fsp3) is 0.545. The molecule has 2 aromatic rings. The van der Waals surface area contributed by atoms with Gasteiger partial charge in [0.05, 0.1) is 5.56 Å². The SMILES string of the molecule is Cc1cc(C)c(CNC(=O)c2csc(CCN3CCC(N(C)C)CC3)c2)c(=O)[nH]1. The third-order valence-electron chi connectivity index (χ3n) is 5.80. The Kier molecular flexibility index (Phi) is 7.27. The van der Waals surface area contributed by atoms with E-state index in [4.69, 9.17) is 0 Å². The quantitative estimate of drug-likeness (QED) is 0.728. The summed E-state index contributed by atoms with van der Waals surface area (Å²) in [7, 11) is 4.32. The molecule has 0 bridgehead atoms. The van der Waals surface area contributed by atoms with Crippen LogP contribution in [0, 0.1) is 13.8 Å². The van der Waals surface area contributed by atoms with Crippen molar-refractivity contribution in [2.24, 2.45) is 0 Å². The Morgan fingerprint density at radius 1 is 1.28 bits per heavy atom. The molecule has 0 saturated carbocycles. The fourth-order valence-corrected chi connectivity index (χ4v) is 4.79. The molecule has 0 spiro atoms. The molecule has 7 heteroatoms. The molecule has 158 valence electrons. The standard InChI is InChI=1S/C22H32N4O2S/c1-15-11-16(2)24-22(28)20(15)13-23-21(27)17-12-19(29-14-17)7-10-26-8-5-18(6-9-26)25(3)4/h11-12,14,18H,5-10,13H2,1-4H3,(H,23,27)(H,24,28). The van der Waals surface area contributed by atoms with Crippen LogP contribution in [-0.4, -0.2) is 60.5 Å². The Labute approximate surface area is 176 Å². The van der Waals surface area contributed by atoms with Gasteiger partial charge in [-0.2, -0.15) is 0 Å². The van der Waals surface area contributed by atoms with Crippen molar-refractivity contribution in [1.29, 1.82) is 0 Å². The zero-order valence-corrected chi connectivity index (χ0v) is 18.7. The Balaban J connectivity index is 1.48. The van der Waals surface area contributed by atoms with Crippen LogP contribution in [0.4, 0.5) is 0 Å². The first-order valence-corrected chi connectivity index (χ1v) is 11.1. The minimum absolute atomic E-state index is 0.126. The number of carbonyl (C=O) groups excluding carboxylic acids is 1. The highest BCUT2D eigenvalue weighted by atomic mass is 32.1. The predicted octanol–water partition coefficient (Wildman–Crippen LogP) is 2.55. The van der Waals surface area contributed by atoms with Crippen LogP contribution in [0.5, 0.6) is 0 Å². The van der Waals surface area contributed by atoms with E-state index in [9.17, 15) is 9.59 Å². The lowest BCUT2D eigenvalue weighted by atomic mass is 10.0. The highest BCUT2D eigenvalue weighted by molar-refractivity contribution is 7.10. The summed E-state index contributed by atoms with van der Waals surface area (Å²) in [5.74, 6) is -0.126. The Hall–Kier alpha value is -1.96. The summed E-state index contributed by atoms with van der Waals surface area (Å²) in [4.78, 5) is 33.5. The molecule has 29 heavy (non-hydrogen) atoms. The molecule has 1 aliphatic rings. The maximum Gasteiger partial charge on any atom is 0.253 e. The third-order valence-corrected chi connectivity index (χ3v) is 6.79. The van der Waals surface area contributed by atoms with Gasteiger partial charge in [-0.1, -0.05) is 0 Å². The molecule has 2 aromatic heterocycles. The van der Waals surface area contributed by atoms with Gasteiger partial charge in [0.15, 0.2) is 0 Å². The van der Waals surface area contributed by atoms with Gasteiger partial charge >= 0.3 is 0 Å². The normalized spacial score (nSPS) is 15.8. The second-order valence-corrected chi connectivity index (χ2v) is 9.21. The van der Waals surface area contributed by atoms with Crippen molar-refractivity contribution in [1.82, 2.24) is 20.1 Å². The maximum absolute atomic E-state index is 12.5. The number of aromatic nitrogens is 1. The van der Waals surface area contributed by atoms with Crippen molar-refractivity contribution >= 4 is 17.2 Å². The van der Waals surface area contributed by atoms with Crippen LogP contribution < -0.4 is 10.9 Å². The number of aromatic amines is 1. The number of nitrogens with zero attached hydrogens (tertiary/aromatic N) is 2. The minimum atomic E-state index is -0.133. The molecule has 1 saturated heterocycles. The van der Waals surface area contributed by atoms with E-state index in [1.807, 2.05) is 31.4 Å². The number of rotatable bonds is 7. The zero-order chi connectivity index (χ0) is 21.0. The van der Waals surface area contributed by atoms with Crippen molar-refractivity contribution in [2.45, 2.75) is 45.7 Å². The number of amides is 1. The molecule has 2 N–H and O–H groups in total. The van der Waals surface area contributed by atoms with Crippen molar-refractivity contribution in [2.75, 3.05) is 33.7 Å². The summed E-state index contributed by atoms with van der Waals surface area (Å²) >= 11 is 1.64. The summed E-state index contributed by atoms with van der Waals surface area (Å²) in [5, 5.41) is 4.80. The topological polar surface area (TPSA) is 68.4 Å². The molecule has 0 aromatic carbocycles. The van der Waals surface area contributed by atoms with Gasteiger partial charge in [-0.15, -0.1) is 11.3 Å². The summed E-state index contributed by atoms with van der Waals surface area (Å²) in [6.07, 6.45) is 3.42. The number of likely N-dealkylation sites (tertiary alicyclic amines) is 1. The monoisotopic (exact) mass is 416 g/mol. The average molecular weight is 417 g/mol. The van der Waals surface area contributed by atoms with Crippen LogP contribution in [-0.2, 0) is 13.0 Å². The van der Waals surface area contributed by atoms with Gasteiger partial charge in [-0.3, -0.25) is 9.59 Å². The molecule has 1 amide bonds. The van der Waals surface area contributed by atoms with E-state index in [0.29, 0.717) is 17.2 Å². The second kappa shape index (κ2) is 9.69. The van der Waals surface area contributed by atoms with Crippen LogP contribution in [0.3, 0.4) is 0 Å². The van der Waals surface area contributed by atoms with E-state index in [0.717, 1.165) is 37.3 Å². The lowest BCUT2D eigenvalue weighted by Gasteiger charge is -2.35. The zero-order valence-electron chi connectivity index (χ0n) is 17.9. The van der Waals surface area contributed by atoms with Crippen molar-refractivity contribution in [3.8, 4) is 0 Å². The van der Waals surface area contributed by atoms with Gasteiger partial charge in [0.1, 0.15) is 0 Å². The van der Waals surface area contributed by atoms with E-state index in [-0.39, 0.29) is 18.0 Å². The molecular weight excluding hydrogens is 384 g/mol. The largest absolute Gasteiger partial charge is 0.348 e. The number of carbonyl (C=O) groups is 1. The maximum atomic E-state index is 12.5. The number of nitrogens with one attached hydrogen (secondary N) is 2. The van der Waals surface area contributed by atoms with Crippen LogP contribution in [0.1, 0.15) is 44.9 Å². The smallest absolute Gasteiger partial charge is 0.253 e. The van der Waals surface area contributed by atoms with Crippen LogP contribution in [0.25, 0.3) is 0 Å². The van der Waals surface area contributed by atoms with Crippen molar-refractivity contribution < 1.29 is 4.79 Å². The third kappa shape index (κ3) is 5.78. The first-order chi connectivity index (χ1) is 13.8. The minimum Gasteiger partial charge on any atom is -0.348 e. The number of hydrogen-bond acceptors (Lipinski definition) is 5. The second-order valence-electron chi connectivity index (χ2n) is 8.21. The molecule has 0 unspecified atom stereocenters. The molecule has 3 rings (SSSR count). The molecule has 1 aliphatic heterocycles. The molecule has 1 fully saturated rings. The van der Waals surface area contributed by atoms with Gasteiger partial charge < -0.3 is 20.1 Å². The fourth-order valence-electron chi connectivity index (χ4n) is 3.93. The molecule has 3 heterocycles. The van der Waals surface area contributed by atoms with E-state index < -0.39 is 0 Å².